The van der Waals surface area contributed by atoms with Gasteiger partial charge in [0.2, 0.25) is 5.88 Å². The minimum absolute atomic E-state index is 0.0268. The minimum atomic E-state index is -4.43. The number of carbonyl (C=O) groups excluding carboxylic acids is 1. The Kier molecular flexibility index (Phi) is 9.50. The zero-order chi connectivity index (χ0) is 33.3. The maximum atomic E-state index is 13.3. The maximum Gasteiger partial charge on any atom is 0.323 e. The van der Waals surface area contributed by atoms with Crippen LogP contribution in [-0.4, -0.2) is 73.7 Å². The molecule has 0 radical (unpaired) electrons. The van der Waals surface area contributed by atoms with Crippen molar-refractivity contribution in [3.05, 3.63) is 79.6 Å². The summed E-state index contributed by atoms with van der Waals surface area (Å²) in [6, 6.07) is 11.3. The van der Waals surface area contributed by atoms with E-state index in [1.165, 1.54) is 6.08 Å². The molecule has 46 heavy (non-hydrogen) atoms. The van der Waals surface area contributed by atoms with E-state index in [-0.39, 0.29) is 31.4 Å². The molecular formula is C29H24N3O10S4-. The van der Waals surface area contributed by atoms with Crippen molar-refractivity contribution >= 4 is 95.0 Å². The molecule has 2 aliphatic heterocycles. The highest BCUT2D eigenvalue weighted by Crippen LogP contribution is 2.44. The molecule has 1 aromatic heterocycles. The van der Waals surface area contributed by atoms with Gasteiger partial charge in [0.15, 0.2) is 5.75 Å². The topological polar surface area (TPSA) is 187 Å². The van der Waals surface area contributed by atoms with Crippen molar-refractivity contribution in [2.75, 3.05) is 23.7 Å². The summed E-state index contributed by atoms with van der Waals surface area (Å²) in [5.41, 5.74) is 0.597. The second-order valence-corrected chi connectivity index (χ2v) is 14.3. The van der Waals surface area contributed by atoms with Crippen LogP contribution >= 0.6 is 35.3 Å². The van der Waals surface area contributed by atoms with E-state index in [1.807, 2.05) is 30.3 Å². The first-order valence-electron chi connectivity index (χ1n) is 13.5. The number of amides is 1. The first-order chi connectivity index (χ1) is 21.7. The summed E-state index contributed by atoms with van der Waals surface area (Å²) in [5.74, 6) is -3.01. The monoisotopic (exact) mass is 702 g/mol. The fraction of sp³-hybridized carbons (Fsp3) is 0.207. The molecule has 2 aromatic carbocycles. The van der Waals surface area contributed by atoms with Crippen molar-refractivity contribution in [1.82, 2.24) is 9.47 Å². The number of ether oxygens (including phenoxy) is 1. The average molecular weight is 703 g/mol. The zero-order valence-electron chi connectivity index (χ0n) is 23.9. The fourth-order valence-corrected chi connectivity index (χ4v) is 7.89. The number of allylic oxidation sites excluding steroid dienone is 3. The van der Waals surface area contributed by atoms with Crippen molar-refractivity contribution in [2.45, 2.75) is 19.9 Å². The lowest BCUT2D eigenvalue weighted by atomic mass is 10.1. The van der Waals surface area contributed by atoms with Gasteiger partial charge in [0.1, 0.15) is 27.0 Å². The van der Waals surface area contributed by atoms with Crippen molar-refractivity contribution in [3.63, 3.8) is 0 Å². The fourth-order valence-electron chi connectivity index (χ4n) is 4.84. The van der Waals surface area contributed by atoms with Crippen LogP contribution in [0.3, 0.4) is 0 Å². The summed E-state index contributed by atoms with van der Waals surface area (Å²) in [4.78, 5) is 51.7. The first-order valence-corrected chi connectivity index (χ1v) is 17.1. The summed E-state index contributed by atoms with van der Waals surface area (Å²) >= 11 is 6.81. The van der Waals surface area contributed by atoms with Gasteiger partial charge in [-0.25, -0.2) is 8.42 Å². The standard InChI is InChI=1S/C29H25N3O10S4/c1-16(13-20-26(37)31(14-22(33)34)28(44-20)25-27(38)32(15-23(35)36)29(43)45-25)7-10-21-30(11-4-12-46(39,40)41)24-18-6-3-2-5-17(18)8-9-19(24)42-21/h2-3,5-10,13H,4,11-12,14-15H2,1H3,(H,33,34)(H,35,36)(H,39,40,41)/p-1/b16-7?,20-13?,21-10?,28-25+. The Bertz CT molecular complexity index is 2170. The molecule has 2 N–H and O–H groups in total. The molecule has 240 valence electrons. The number of hydrogen-bond acceptors (Lipinski definition) is 12. The van der Waals surface area contributed by atoms with Crippen LogP contribution in [0.1, 0.15) is 13.3 Å². The van der Waals surface area contributed by atoms with Gasteiger partial charge in [-0.2, -0.15) is 0 Å². The highest BCUT2D eigenvalue weighted by atomic mass is 32.2. The number of benzene rings is 2. The van der Waals surface area contributed by atoms with Crippen molar-refractivity contribution < 1.29 is 42.3 Å². The highest BCUT2D eigenvalue weighted by Gasteiger charge is 2.35. The van der Waals surface area contributed by atoms with Crippen LogP contribution in [0.2, 0.25) is 0 Å². The molecule has 13 nitrogen and oxygen atoms in total. The maximum absolute atomic E-state index is 13.3. The molecule has 3 heterocycles. The summed E-state index contributed by atoms with van der Waals surface area (Å²) < 4.78 is 41.0. The molecule has 1 saturated heterocycles. The predicted octanol–water partition coefficient (Wildman–Crippen LogP) is 1.60. The van der Waals surface area contributed by atoms with Crippen molar-refractivity contribution in [2.24, 2.45) is 0 Å². The lowest BCUT2D eigenvalue weighted by Gasteiger charge is -2.20. The van der Waals surface area contributed by atoms with Gasteiger partial charge in [-0.15, -0.1) is 11.3 Å². The van der Waals surface area contributed by atoms with Gasteiger partial charge in [-0.1, -0.05) is 60.4 Å². The molecular weight excluding hydrogens is 679 g/mol. The summed E-state index contributed by atoms with van der Waals surface area (Å²) in [5, 5.41) is 20.4. The van der Waals surface area contributed by atoms with E-state index in [0.717, 1.165) is 43.3 Å². The Morgan fingerprint density at radius 2 is 1.78 bits per heavy atom. The Labute approximate surface area is 274 Å². The second-order valence-electron chi connectivity index (χ2n) is 10.1. The first kappa shape index (κ1) is 33.1. The van der Waals surface area contributed by atoms with Gasteiger partial charge in [0.05, 0.1) is 20.3 Å². The number of anilines is 1. The van der Waals surface area contributed by atoms with Gasteiger partial charge >= 0.3 is 11.9 Å². The predicted molar refractivity (Wildman–Crippen MR) is 176 cm³/mol. The van der Waals surface area contributed by atoms with Gasteiger partial charge in [-0.05, 0) is 42.5 Å². The van der Waals surface area contributed by atoms with E-state index >= 15 is 0 Å². The number of thiazole rings is 1. The van der Waals surface area contributed by atoms with Crippen LogP contribution in [0.4, 0.5) is 5.69 Å². The van der Waals surface area contributed by atoms with Crippen LogP contribution in [0.15, 0.2) is 64.8 Å². The number of aromatic nitrogens is 1. The second kappa shape index (κ2) is 13.2. The third-order valence-corrected chi connectivity index (χ3v) is 10.3. The van der Waals surface area contributed by atoms with E-state index < -0.39 is 52.4 Å². The SMILES string of the molecule is CC(=CC=C1Oc2ccc3ccccc3c2N1CCCS(=O)(=O)[O-])C=c1s/c(=C2/SC(=S)N(CC(=O)O)C2=O)n(CC(=O)O)c1=O. The zero-order valence-corrected chi connectivity index (χ0v) is 27.1. The number of hydrogen-bond donors (Lipinski definition) is 2. The van der Waals surface area contributed by atoms with Crippen molar-refractivity contribution in [3.8, 4) is 5.75 Å². The molecule has 17 heteroatoms. The summed E-state index contributed by atoms with van der Waals surface area (Å²) in [6.45, 7) is 0.450. The number of carbonyl (C=O) groups is 3. The molecule has 2 aliphatic rings. The number of rotatable bonds is 10. The minimum Gasteiger partial charge on any atom is -0.748 e. The number of carboxylic acids is 2. The van der Waals surface area contributed by atoms with Crippen LogP contribution in [-0.2, 0) is 31.0 Å². The van der Waals surface area contributed by atoms with E-state index in [0.29, 0.717) is 22.9 Å². The highest BCUT2D eigenvalue weighted by molar-refractivity contribution is 8.30. The Hall–Kier alpha value is -4.29. The number of carboxylic acid groups (broad SMARTS) is 2. The molecule has 0 atom stereocenters. The smallest absolute Gasteiger partial charge is 0.323 e. The van der Waals surface area contributed by atoms with Crippen LogP contribution in [0, 0.1) is 0 Å². The molecule has 0 aliphatic carbocycles. The van der Waals surface area contributed by atoms with Crippen LogP contribution in [0.25, 0.3) is 21.8 Å². The van der Waals surface area contributed by atoms with Crippen molar-refractivity contribution in [1.29, 1.82) is 0 Å². The van der Waals surface area contributed by atoms with Crippen LogP contribution in [0.5, 0.6) is 5.75 Å². The lowest BCUT2D eigenvalue weighted by molar-refractivity contribution is -0.140. The number of fused-ring (bicyclic) bond motifs is 3. The molecule has 0 bridgehead atoms. The number of thiocarbonyl (C=S) groups is 1. The third kappa shape index (κ3) is 7.07. The normalized spacial score (nSPS) is 17.7. The summed E-state index contributed by atoms with van der Waals surface area (Å²) in [7, 11) is -4.43. The van der Waals surface area contributed by atoms with E-state index in [2.05, 4.69) is 0 Å². The van der Waals surface area contributed by atoms with Gasteiger partial charge < -0.3 is 24.4 Å². The lowest BCUT2D eigenvalue weighted by Crippen LogP contribution is -2.36. The molecule has 0 saturated carbocycles. The molecule has 1 fully saturated rings. The molecule has 1 amide bonds. The third-order valence-electron chi connectivity index (χ3n) is 6.78. The van der Waals surface area contributed by atoms with Crippen LogP contribution < -0.4 is 24.4 Å². The Morgan fingerprint density at radius 1 is 1.07 bits per heavy atom. The molecule has 3 aromatic rings. The number of thioether (sulfide) groups is 1. The molecule has 0 unspecified atom stereocenters. The number of nitrogens with zero attached hydrogens (tertiary/aromatic N) is 3. The van der Waals surface area contributed by atoms with Gasteiger partial charge in [0, 0.05) is 17.7 Å². The van der Waals surface area contributed by atoms with E-state index in [1.54, 1.807) is 30.0 Å². The van der Waals surface area contributed by atoms with Gasteiger partial charge in [-0.3, -0.25) is 28.6 Å². The molecule has 0 spiro atoms. The van der Waals surface area contributed by atoms with Gasteiger partial charge in [0.25, 0.3) is 11.5 Å². The average Bonchev–Trinajstić information content (AvgIpc) is 3.58. The molecule has 5 rings (SSSR count). The van der Waals surface area contributed by atoms with E-state index in [9.17, 15) is 37.3 Å². The largest absolute Gasteiger partial charge is 0.748 e. The Morgan fingerprint density at radius 3 is 2.48 bits per heavy atom. The number of aliphatic carboxylic acids is 2. The van der Waals surface area contributed by atoms with E-state index in [4.69, 9.17) is 22.1 Å². The Balaban J connectivity index is 1.55. The summed E-state index contributed by atoms with van der Waals surface area (Å²) in [6.07, 6.45) is 4.83. The quantitative estimate of drug-likeness (QED) is 0.229.